The van der Waals surface area contributed by atoms with E-state index in [1.165, 1.54) is 12.8 Å². The first-order valence-corrected chi connectivity index (χ1v) is 9.69. The molecule has 0 saturated heterocycles. The van der Waals surface area contributed by atoms with E-state index in [2.05, 4.69) is 21.2 Å². The van der Waals surface area contributed by atoms with Gasteiger partial charge >= 0.3 is 0 Å². The van der Waals surface area contributed by atoms with Crippen LogP contribution < -0.4 is 10.1 Å². The number of hydrogen-bond donors (Lipinski definition) is 1. The SMILES string of the molecule is COc1ccc(Cn2nc(C3CC3)cc2NC(=O)c2cccc(Br)c2)cc1. The number of hydrogen-bond acceptors (Lipinski definition) is 3. The van der Waals surface area contributed by atoms with E-state index < -0.39 is 0 Å². The summed E-state index contributed by atoms with van der Waals surface area (Å²) in [6.45, 7) is 0.588. The van der Waals surface area contributed by atoms with Gasteiger partial charge < -0.3 is 10.1 Å². The average molecular weight is 426 g/mol. The molecule has 0 radical (unpaired) electrons. The Kier molecular flexibility index (Phi) is 4.99. The topological polar surface area (TPSA) is 56.1 Å². The van der Waals surface area contributed by atoms with Crippen LogP contribution in [0.3, 0.4) is 0 Å². The number of amides is 1. The Morgan fingerprint density at radius 1 is 1.22 bits per heavy atom. The highest BCUT2D eigenvalue weighted by Gasteiger charge is 2.27. The van der Waals surface area contributed by atoms with Crippen LogP contribution in [0.15, 0.2) is 59.1 Å². The Balaban J connectivity index is 1.58. The number of nitrogens with zero attached hydrogens (tertiary/aromatic N) is 2. The van der Waals surface area contributed by atoms with Gasteiger partial charge in [-0.05, 0) is 48.7 Å². The lowest BCUT2D eigenvalue weighted by Crippen LogP contribution is -2.16. The van der Waals surface area contributed by atoms with E-state index in [4.69, 9.17) is 9.84 Å². The maximum absolute atomic E-state index is 12.7. The third kappa shape index (κ3) is 4.22. The number of methoxy groups -OCH3 is 1. The second-order valence-corrected chi connectivity index (χ2v) is 7.61. The second kappa shape index (κ2) is 7.56. The normalized spacial score (nSPS) is 13.4. The Hall–Kier alpha value is -2.60. The van der Waals surface area contributed by atoms with Crippen LogP contribution in [0, 0.1) is 0 Å². The molecule has 5 nitrogen and oxygen atoms in total. The summed E-state index contributed by atoms with van der Waals surface area (Å²) in [6.07, 6.45) is 2.33. The summed E-state index contributed by atoms with van der Waals surface area (Å²) >= 11 is 3.41. The minimum Gasteiger partial charge on any atom is -0.497 e. The third-order valence-electron chi connectivity index (χ3n) is 4.61. The zero-order chi connectivity index (χ0) is 18.8. The van der Waals surface area contributed by atoms with Crippen LogP contribution >= 0.6 is 15.9 Å². The molecule has 0 atom stereocenters. The fraction of sp³-hybridized carbons (Fsp3) is 0.238. The van der Waals surface area contributed by atoms with Crippen molar-refractivity contribution >= 4 is 27.7 Å². The highest BCUT2D eigenvalue weighted by atomic mass is 79.9. The summed E-state index contributed by atoms with van der Waals surface area (Å²) in [5, 5.41) is 7.75. The molecule has 2 aromatic carbocycles. The van der Waals surface area contributed by atoms with Gasteiger partial charge in [0.1, 0.15) is 11.6 Å². The molecule has 27 heavy (non-hydrogen) atoms. The summed E-state index contributed by atoms with van der Waals surface area (Å²) in [6, 6.07) is 17.2. The Labute approximate surface area is 166 Å². The van der Waals surface area contributed by atoms with E-state index in [-0.39, 0.29) is 5.91 Å². The van der Waals surface area contributed by atoms with Crippen molar-refractivity contribution in [3.8, 4) is 5.75 Å². The molecule has 1 heterocycles. The maximum atomic E-state index is 12.7. The summed E-state index contributed by atoms with van der Waals surface area (Å²) in [5.41, 5.74) is 2.75. The molecule has 0 spiro atoms. The van der Waals surface area contributed by atoms with E-state index in [1.807, 2.05) is 47.1 Å². The van der Waals surface area contributed by atoms with Crippen molar-refractivity contribution in [1.29, 1.82) is 0 Å². The Morgan fingerprint density at radius 3 is 2.67 bits per heavy atom. The molecule has 1 aliphatic rings. The highest BCUT2D eigenvalue weighted by molar-refractivity contribution is 9.10. The summed E-state index contributed by atoms with van der Waals surface area (Å²) in [7, 11) is 1.65. The highest BCUT2D eigenvalue weighted by Crippen LogP contribution is 2.40. The van der Waals surface area contributed by atoms with Gasteiger partial charge in [0, 0.05) is 22.0 Å². The third-order valence-corrected chi connectivity index (χ3v) is 5.11. The molecule has 0 unspecified atom stereocenters. The van der Waals surface area contributed by atoms with Crippen LogP contribution in [0.4, 0.5) is 5.82 Å². The van der Waals surface area contributed by atoms with E-state index in [0.29, 0.717) is 18.0 Å². The number of benzene rings is 2. The molecular formula is C21H20BrN3O2. The standard InChI is InChI=1S/C21H20BrN3O2/c1-27-18-9-5-14(6-10-18)13-25-20(12-19(24-25)15-7-8-15)23-21(26)16-3-2-4-17(22)11-16/h2-6,9-12,15H,7-8,13H2,1H3,(H,23,26). The number of nitrogens with one attached hydrogen (secondary N) is 1. The number of carbonyl (C=O) groups is 1. The first-order valence-electron chi connectivity index (χ1n) is 8.90. The lowest BCUT2D eigenvalue weighted by Gasteiger charge is -2.10. The number of carbonyl (C=O) groups excluding carboxylic acids is 1. The Morgan fingerprint density at radius 2 is 2.00 bits per heavy atom. The summed E-state index contributed by atoms with van der Waals surface area (Å²) in [5.74, 6) is 1.91. The van der Waals surface area contributed by atoms with Crippen molar-refractivity contribution < 1.29 is 9.53 Å². The lowest BCUT2D eigenvalue weighted by molar-refractivity contribution is 0.102. The van der Waals surface area contributed by atoms with Gasteiger partial charge in [-0.25, -0.2) is 4.68 Å². The molecule has 0 aliphatic heterocycles. The lowest BCUT2D eigenvalue weighted by atomic mass is 10.2. The van der Waals surface area contributed by atoms with Crippen molar-refractivity contribution in [2.75, 3.05) is 12.4 Å². The first kappa shape index (κ1) is 17.8. The van der Waals surface area contributed by atoms with Gasteiger partial charge in [-0.3, -0.25) is 4.79 Å². The summed E-state index contributed by atoms with van der Waals surface area (Å²) in [4.78, 5) is 12.7. The molecule has 138 valence electrons. The van der Waals surface area contributed by atoms with E-state index >= 15 is 0 Å². The molecule has 1 N–H and O–H groups in total. The molecule has 1 saturated carbocycles. The molecule has 0 bridgehead atoms. The molecule has 4 rings (SSSR count). The monoisotopic (exact) mass is 425 g/mol. The Bertz CT molecular complexity index is 962. The second-order valence-electron chi connectivity index (χ2n) is 6.70. The maximum Gasteiger partial charge on any atom is 0.256 e. The van der Waals surface area contributed by atoms with Crippen LogP contribution in [0.5, 0.6) is 5.75 Å². The smallest absolute Gasteiger partial charge is 0.256 e. The van der Waals surface area contributed by atoms with E-state index in [0.717, 1.165) is 27.3 Å². The van der Waals surface area contributed by atoms with Gasteiger partial charge in [-0.15, -0.1) is 0 Å². The minimum absolute atomic E-state index is 0.144. The number of aromatic nitrogens is 2. The van der Waals surface area contributed by atoms with E-state index in [9.17, 15) is 4.79 Å². The molecule has 1 aliphatic carbocycles. The van der Waals surface area contributed by atoms with Gasteiger partial charge in [0.25, 0.3) is 5.91 Å². The van der Waals surface area contributed by atoms with Crippen molar-refractivity contribution in [3.63, 3.8) is 0 Å². The molecule has 1 amide bonds. The van der Waals surface area contributed by atoms with Crippen LogP contribution in [0.25, 0.3) is 0 Å². The predicted octanol–water partition coefficient (Wildman–Crippen LogP) is 4.83. The van der Waals surface area contributed by atoms with Crippen LogP contribution in [-0.4, -0.2) is 22.8 Å². The number of halogens is 1. The zero-order valence-corrected chi connectivity index (χ0v) is 16.6. The van der Waals surface area contributed by atoms with Gasteiger partial charge in [0.2, 0.25) is 0 Å². The minimum atomic E-state index is -0.144. The van der Waals surface area contributed by atoms with Crippen molar-refractivity contribution in [2.24, 2.45) is 0 Å². The quantitative estimate of drug-likeness (QED) is 0.614. The van der Waals surface area contributed by atoms with Crippen LogP contribution in [0.2, 0.25) is 0 Å². The fourth-order valence-corrected chi connectivity index (χ4v) is 3.36. The van der Waals surface area contributed by atoms with Gasteiger partial charge in [0.15, 0.2) is 0 Å². The number of ether oxygens (including phenoxy) is 1. The number of anilines is 1. The number of rotatable bonds is 6. The molecular weight excluding hydrogens is 406 g/mol. The van der Waals surface area contributed by atoms with Gasteiger partial charge in [-0.1, -0.05) is 34.1 Å². The predicted molar refractivity (Wildman–Crippen MR) is 108 cm³/mol. The van der Waals surface area contributed by atoms with Gasteiger partial charge in [-0.2, -0.15) is 5.10 Å². The molecule has 1 aromatic heterocycles. The average Bonchev–Trinajstić information content (AvgIpc) is 3.46. The fourth-order valence-electron chi connectivity index (χ4n) is 2.96. The van der Waals surface area contributed by atoms with Crippen LogP contribution in [-0.2, 0) is 6.54 Å². The summed E-state index contributed by atoms with van der Waals surface area (Å²) < 4.78 is 7.96. The molecule has 3 aromatic rings. The zero-order valence-electron chi connectivity index (χ0n) is 15.0. The van der Waals surface area contributed by atoms with Crippen LogP contribution in [0.1, 0.15) is 40.4 Å². The van der Waals surface area contributed by atoms with Gasteiger partial charge in [0.05, 0.1) is 19.3 Å². The first-order chi connectivity index (χ1) is 13.1. The largest absolute Gasteiger partial charge is 0.497 e. The molecule has 6 heteroatoms. The van der Waals surface area contributed by atoms with Crippen molar-refractivity contribution in [1.82, 2.24) is 9.78 Å². The van der Waals surface area contributed by atoms with Crippen molar-refractivity contribution in [2.45, 2.75) is 25.3 Å². The van der Waals surface area contributed by atoms with Crippen molar-refractivity contribution in [3.05, 3.63) is 75.9 Å². The van der Waals surface area contributed by atoms with E-state index in [1.54, 1.807) is 19.2 Å². The molecule has 1 fully saturated rings.